The Morgan fingerprint density at radius 2 is 2.10 bits per heavy atom. The van der Waals surface area contributed by atoms with Crippen molar-refractivity contribution < 1.29 is 14.6 Å². The van der Waals surface area contributed by atoms with Crippen molar-refractivity contribution in [3.63, 3.8) is 0 Å². The van der Waals surface area contributed by atoms with Crippen LogP contribution in [0.15, 0.2) is 29.8 Å². The lowest BCUT2D eigenvalue weighted by molar-refractivity contribution is -0.117. The SMILES string of the molecule is N#C/C(=C\c1ccc(Cl)cc1)C(=O)NCCOCCO. The number of nitrogens with one attached hydrogen (secondary N) is 1. The summed E-state index contributed by atoms with van der Waals surface area (Å²) in [6.45, 7) is 0.722. The van der Waals surface area contributed by atoms with Gasteiger partial charge in [0.15, 0.2) is 0 Å². The van der Waals surface area contributed by atoms with Crippen molar-refractivity contribution >= 4 is 23.6 Å². The smallest absolute Gasteiger partial charge is 0.262 e. The first-order chi connectivity index (χ1) is 9.67. The van der Waals surface area contributed by atoms with E-state index in [9.17, 15) is 4.79 Å². The number of ether oxygens (including phenoxy) is 1. The van der Waals surface area contributed by atoms with E-state index in [1.807, 2.05) is 6.07 Å². The minimum atomic E-state index is -0.463. The molecule has 5 nitrogen and oxygen atoms in total. The summed E-state index contributed by atoms with van der Waals surface area (Å²) in [6.07, 6.45) is 1.49. The Kier molecular flexibility index (Phi) is 7.36. The molecule has 0 aromatic heterocycles. The highest BCUT2D eigenvalue weighted by atomic mass is 35.5. The Bertz CT molecular complexity index is 506. The van der Waals surface area contributed by atoms with Crippen molar-refractivity contribution in [3.8, 4) is 6.07 Å². The third-order valence-electron chi connectivity index (χ3n) is 2.31. The van der Waals surface area contributed by atoms with Gasteiger partial charge in [0.05, 0.1) is 19.8 Å². The number of rotatable bonds is 7. The molecule has 0 heterocycles. The van der Waals surface area contributed by atoms with Gasteiger partial charge in [0.25, 0.3) is 5.91 Å². The minimum absolute atomic E-state index is 0.00878. The number of aliphatic hydroxyl groups excluding tert-OH is 1. The molecular weight excluding hydrogens is 280 g/mol. The lowest BCUT2D eigenvalue weighted by Gasteiger charge is -2.04. The van der Waals surface area contributed by atoms with Gasteiger partial charge < -0.3 is 15.2 Å². The highest BCUT2D eigenvalue weighted by Gasteiger charge is 2.08. The van der Waals surface area contributed by atoms with Gasteiger partial charge in [-0.3, -0.25) is 4.79 Å². The monoisotopic (exact) mass is 294 g/mol. The molecule has 106 valence electrons. The number of hydrogen-bond acceptors (Lipinski definition) is 4. The van der Waals surface area contributed by atoms with Crippen LogP contribution in [0, 0.1) is 11.3 Å². The maximum Gasteiger partial charge on any atom is 0.262 e. The Balaban J connectivity index is 2.55. The summed E-state index contributed by atoms with van der Waals surface area (Å²) in [7, 11) is 0. The second-order valence-electron chi connectivity index (χ2n) is 3.81. The standard InChI is InChI=1S/C14H15ClN2O3/c15-13-3-1-11(2-4-13)9-12(10-16)14(19)17-5-7-20-8-6-18/h1-4,9,18H,5-8H2,(H,17,19)/b12-9+. The molecule has 0 atom stereocenters. The van der Waals surface area contributed by atoms with E-state index in [4.69, 9.17) is 26.7 Å². The van der Waals surface area contributed by atoms with Crippen LogP contribution in [0.5, 0.6) is 0 Å². The molecule has 0 aliphatic heterocycles. The van der Waals surface area contributed by atoms with Crippen molar-refractivity contribution in [3.05, 3.63) is 40.4 Å². The van der Waals surface area contributed by atoms with E-state index in [1.165, 1.54) is 6.08 Å². The van der Waals surface area contributed by atoms with E-state index in [0.717, 1.165) is 5.56 Å². The number of amides is 1. The average Bonchev–Trinajstić information content (AvgIpc) is 2.46. The van der Waals surface area contributed by atoms with Crippen LogP contribution in [0.25, 0.3) is 6.08 Å². The summed E-state index contributed by atoms with van der Waals surface area (Å²) in [4.78, 5) is 11.7. The van der Waals surface area contributed by atoms with E-state index >= 15 is 0 Å². The van der Waals surface area contributed by atoms with Crippen molar-refractivity contribution in [1.29, 1.82) is 5.26 Å². The number of nitriles is 1. The van der Waals surface area contributed by atoms with Gasteiger partial charge >= 0.3 is 0 Å². The molecule has 0 spiro atoms. The van der Waals surface area contributed by atoms with E-state index < -0.39 is 5.91 Å². The van der Waals surface area contributed by atoms with Gasteiger partial charge in [0.2, 0.25) is 0 Å². The summed E-state index contributed by atoms with van der Waals surface area (Å²) >= 11 is 5.76. The van der Waals surface area contributed by atoms with Crippen molar-refractivity contribution in [1.82, 2.24) is 5.32 Å². The number of hydrogen-bond donors (Lipinski definition) is 2. The van der Waals surface area contributed by atoms with E-state index in [-0.39, 0.29) is 31.9 Å². The molecule has 20 heavy (non-hydrogen) atoms. The molecular formula is C14H15ClN2O3. The highest BCUT2D eigenvalue weighted by molar-refractivity contribution is 6.30. The Hall–Kier alpha value is -1.87. The third kappa shape index (κ3) is 5.85. The average molecular weight is 295 g/mol. The van der Waals surface area contributed by atoms with E-state index in [2.05, 4.69) is 5.32 Å². The zero-order valence-corrected chi connectivity index (χ0v) is 11.6. The number of halogens is 1. The van der Waals surface area contributed by atoms with Gasteiger partial charge in [-0.15, -0.1) is 0 Å². The van der Waals surface area contributed by atoms with Crippen LogP contribution >= 0.6 is 11.6 Å². The molecule has 0 saturated heterocycles. The Labute approximate surface area is 122 Å². The number of aliphatic hydroxyl groups is 1. The summed E-state index contributed by atoms with van der Waals surface area (Å²) in [5, 5.41) is 20.6. The maximum atomic E-state index is 11.7. The molecule has 0 aliphatic carbocycles. The fraction of sp³-hybridized carbons (Fsp3) is 0.286. The number of benzene rings is 1. The van der Waals surface area contributed by atoms with Crippen LogP contribution in [-0.4, -0.2) is 37.4 Å². The molecule has 0 radical (unpaired) electrons. The van der Waals surface area contributed by atoms with Crippen LogP contribution in [0.1, 0.15) is 5.56 Å². The Morgan fingerprint density at radius 1 is 1.40 bits per heavy atom. The van der Waals surface area contributed by atoms with Gasteiger partial charge in [-0.2, -0.15) is 5.26 Å². The van der Waals surface area contributed by atoms with Crippen LogP contribution in [0.2, 0.25) is 5.02 Å². The lowest BCUT2D eigenvalue weighted by atomic mass is 10.1. The number of carbonyl (C=O) groups excluding carboxylic acids is 1. The lowest BCUT2D eigenvalue weighted by Crippen LogP contribution is -2.28. The van der Waals surface area contributed by atoms with Gasteiger partial charge in [-0.1, -0.05) is 23.7 Å². The predicted octanol–water partition coefficient (Wildman–Crippen LogP) is 1.37. The molecule has 0 fully saturated rings. The molecule has 1 rings (SSSR count). The third-order valence-corrected chi connectivity index (χ3v) is 2.57. The molecule has 0 aliphatic rings. The van der Waals surface area contributed by atoms with E-state index in [0.29, 0.717) is 5.02 Å². The molecule has 1 aromatic rings. The largest absolute Gasteiger partial charge is 0.394 e. The highest BCUT2D eigenvalue weighted by Crippen LogP contribution is 2.12. The second kappa shape index (κ2) is 9.10. The first-order valence-electron chi connectivity index (χ1n) is 6.01. The van der Waals surface area contributed by atoms with Crippen LogP contribution < -0.4 is 5.32 Å². The summed E-state index contributed by atoms with van der Waals surface area (Å²) in [5.74, 6) is -0.463. The molecule has 0 unspecified atom stereocenters. The number of nitrogens with zero attached hydrogens (tertiary/aromatic N) is 1. The molecule has 6 heteroatoms. The molecule has 0 bridgehead atoms. The first-order valence-corrected chi connectivity index (χ1v) is 6.39. The van der Waals surface area contributed by atoms with E-state index in [1.54, 1.807) is 24.3 Å². The second-order valence-corrected chi connectivity index (χ2v) is 4.25. The predicted molar refractivity (Wildman–Crippen MR) is 76.0 cm³/mol. The van der Waals surface area contributed by atoms with Gasteiger partial charge in [-0.05, 0) is 23.8 Å². The Morgan fingerprint density at radius 3 is 2.70 bits per heavy atom. The van der Waals surface area contributed by atoms with Crippen LogP contribution in [0.3, 0.4) is 0 Å². The van der Waals surface area contributed by atoms with Gasteiger partial charge in [0, 0.05) is 11.6 Å². The first kappa shape index (κ1) is 16.2. The van der Waals surface area contributed by atoms with Crippen molar-refractivity contribution in [2.45, 2.75) is 0 Å². The molecule has 1 aromatic carbocycles. The maximum absolute atomic E-state index is 11.7. The fourth-order valence-electron chi connectivity index (χ4n) is 1.37. The quantitative estimate of drug-likeness (QED) is 0.452. The van der Waals surface area contributed by atoms with Crippen molar-refractivity contribution in [2.24, 2.45) is 0 Å². The topological polar surface area (TPSA) is 82.4 Å². The summed E-state index contributed by atoms with van der Waals surface area (Å²) < 4.78 is 5.00. The molecule has 2 N–H and O–H groups in total. The fourth-order valence-corrected chi connectivity index (χ4v) is 1.50. The zero-order chi connectivity index (χ0) is 14.8. The molecule has 1 amide bonds. The van der Waals surface area contributed by atoms with Crippen molar-refractivity contribution in [2.75, 3.05) is 26.4 Å². The van der Waals surface area contributed by atoms with Gasteiger partial charge in [0.1, 0.15) is 11.6 Å². The van der Waals surface area contributed by atoms with Crippen LogP contribution in [0.4, 0.5) is 0 Å². The molecule has 0 saturated carbocycles. The normalized spacial score (nSPS) is 10.9. The summed E-state index contributed by atoms with van der Waals surface area (Å²) in [6, 6.07) is 8.66. The zero-order valence-electron chi connectivity index (χ0n) is 10.8. The van der Waals surface area contributed by atoms with Gasteiger partial charge in [-0.25, -0.2) is 0 Å². The van der Waals surface area contributed by atoms with Crippen LogP contribution in [-0.2, 0) is 9.53 Å². The number of carbonyl (C=O) groups is 1. The summed E-state index contributed by atoms with van der Waals surface area (Å²) in [5.41, 5.74) is 0.729. The minimum Gasteiger partial charge on any atom is -0.394 e.